The number of anilines is 1. The van der Waals surface area contributed by atoms with Crippen LogP contribution in [-0.4, -0.2) is 20.3 Å². The van der Waals surface area contributed by atoms with Crippen LogP contribution < -0.4 is 10.9 Å². The van der Waals surface area contributed by atoms with Gasteiger partial charge in [0, 0.05) is 29.1 Å². The van der Waals surface area contributed by atoms with Crippen LogP contribution in [0.25, 0.3) is 4.96 Å². The third-order valence-corrected chi connectivity index (χ3v) is 4.87. The monoisotopic (exact) mass is 318 g/mol. The number of carbonyl (C=O) groups is 1. The van der Waals surface area contributed by atoms with Gasteiger partial charge in [0.05, 0.1) is 5.69 Å². The molecule has 0 bridgehead atoms. The predicted octanol–water partition coefficient (Wildman–Crippen LogP) is 2.34. The van der Waals surface area contributed by atoms with Gasteiger partial charge < -0.3 is 0 Å². The average Bonchev–Trinajstić information content (AvgIpc) is 3.02. The highest BCUT2D eigenvalue weighted by molar-refractivity contribution is 7.15. The van der Waals surface area contributed by atoms with Crippen molar-refractivity contribution in [1.29, 1.82) is 0 Å². The lowest BCUT2D eigenvalue weighted by atomic mass is 10.3. The molecule has 0 saturated heterocycles. The Hall–Kier alpha value is -2.06. The van der Waals surface area contributed by atoms with E-state index in [1.807, 2.05) is 5.38 Å². The van der Waals surface area contributed by atoms with Crippen molar-refractivity contribution in [1.82, 2.24) is 14.4 Å². The van der Waals surface area contributed by atoms with Gasteiger partial charge in [-0.3, -0.25) is 19.3 Å². The number of hydrogen-bond donors (Lipinski definition) is 1. The minimum Gasteiger partial charge on any atom is -0.298 e. The fraction of sp³-hybridized carbons (Fsp3) is 0.231. The summed E-state index contributed by atoms with van der Waals surface area (Å²) in [4.78, 5) is 33.5. The molecule has 4 rings (SSSR count). The van der Waals surface area contributed by atoms with Gasteiger partial charge in [0.15, 0.2) is 10.1 Å². The van der Waals surface area contributed by atoms with E-state index in [0.717, 1.165) is 18.5 Å². The summed E-state index contributed by atoms with van der Waals surface area (Å²) in [5.41, 5.74) is 0.685. The van der Waals surface area contributed by atoms with Gasteiger partial charge in [0.25, 0.3) is 11.5 Å². The van der Waals surface area contributed by atoms with E-state index in [9.17, 15) is 9.59 Å². The average molecular weight is 318 g/mol. The van der Waals surface area contributed by atoms with Crippen LogP contribution in [0.3, 0.4) is 0 Å². The maximum atomic E-state index is 12.2. The number of nitrogens with one attached hydrogen (secondary N) is 1. The van der Waals surface area contributed by atoms with Crippen molar-refractivity contribution in [2.24, 2.45) is 0 Å². The zero-order valence-corrected chi connectivity index (χ0v) is 12.4. The van der Waals surface area contributed by atoms with Crippen LogP contribution in [0.2, 0.25) is 0 Å². The molecule has 0 atom stereocenters. The lowest BCUT2D eigenvalue weighted by Crippen LogP contribution is -2.25. The van der Waals surface area contributed by atoms with Gasteiger partial charge in [-0.2, -0.15) is 0 Å². The second-order valence-electron chi connectivity index (χ2n) is 4.84. The van der Waals surface area contributed by atoms with E-state index >= 15 is 0 Å². The molecule has 21 heavy (non-hydrogen) atoms. The van der Waals surface area contributed by atoms with Crippen LogP contribution in [0.1, 0.15) is 34.8 Å². The summed E-state index contributed by atoms with van der Waals surface area (Å²) in [7, 11) is 0. The zero-order chi connectivity index (χ0) is 14.4. The molecule has 0 radical (unpaired) electrons. The standard InChI is InChI=1S/C13H10N4O2S2/c18-10(16-12-15-9(6-21-12)7-1-2-7)8-5-14-13-17(11(8)19)3-4-20-13/h3-7H,1-2H2,(H,15,16,18). The van der Waals surface area contributed by atoms with E-state index in [1.165, 1.54) is 33.3 Å². The van der Waals surface area contributed by atoms with Gasteiger partial charge in [-0.15, -0.1) is 22.7 Å². The number of nitrogens with zero attached hydrogens (tertiary/aromatic N) is 3. The molecule has 3 heterocycles. The minimum absolute atomic E-state index is 0.0223. The summed E-state index contributed by atoms with van der Waals surface area (Å²) in [6, 6.07) is 0. The fourth-order valence-electron chi connectivity index (χ4n) is 2.06. The maximum Gasteiger partial charge on any atom is 0.271 e. The number of aromatic nitrogens is 3. The smallest absolute Gasteiger partial charge is 0.271 e. The van der Waals surface area contributed by atoms with Gasteiger partial charge in [-0.05, 0) is 12.8 Å². The van der Waals surface area contributed by atoms with Crippen molar-refractivity contribution in [2.75, 3.05) is 5.32 Å². The van der Waals surface area contributed by atoms with Gasteiger partial charge in [-0.1, -0.05) is 0 Å². The molecule has 1 aliphatic rings. The summed E-state index contributed by atoms with van der Waals surface area (Å²) < 4.78 is 1.37. The van der Waals surface area contributed by atoms with E-state index < -0.39 is 5.91 Å². The summed E-state index contributed by atoms with van der Waals surface area (Å²) >= 11 is 2.73. The summed E-state index contributed by atoms with van der Waals surface area (Å²) in [5.74, 6) is 0.0751. The van der Waals surface area contributed by atoms with Gasteiger partial charge in [-0.25, -0.2) is 9.97 Å². The molecule has 3 aromatic rings. The Morgan fingerprint density at radius 2 is 2.24 bits per heavy atom. The SMILES string of the molecule is O=C(Nc1nc(C2CC2)cs1)c1cnc2sccn2c1=O. The number of rotatable bonds is 3. The molecule has 0 aromatic carbocycles. The molecular formula is C13H10N4O2S2. The highest BCUT2D eigenvalue weighted by atomic mass is 32.1. The Bertz CT molecular complexity index is 891. The first-order valence-electron chi connectivity index (χ1n) is 6.44. The number of fused-ring (bicyclic) bond motifs is 1. The van der Waals surface area contributed by atoms with E-state index in [4.69, 9.17) is 0 Å². The molecule has 1 saturated carbocycles. The van der Waals surface area contributed by atoms with Crippen molar-refractivity contribution < 1.29 is 4.79 Å². The van der Waals surface area contributed by atoms with Gasteiger partial charge in [0.2, 0.25) is 0 Å². The summed E-state index contributed by atoms with van der Waals surface area (Å²) in [5, 5.41) is 6.92. The van der Waals surface area contributed by atoms with Gasteiger partial charge in [0.1, 0.15) is 5.56 Å². The van der Waals surface area contributed by atoms with Crippen LogP contribution in [0.4, 0.5) is 5.13 Å². The van der Waals surface area contributed by atoms with Crippen LogP contribution in [0.5, 0.6) is 0 Å². The number of carbonyl (C=O) groups excluding carboxylic acids is 1. The molecule has 8 heteroatoms. The fourth-order valence-corrected chi connectivity index (χ4v) is 3.52. The number of hydrogen-bond acceptors (Lipinski definition) is 6. The van der Waals surface area contributed by atoms with Crippen molar-refractivity contribution in [3.05, 3.63) is 44.8 Å². The Morgan fingerprint density at radius 1 is 1.38 bits per heavy atom. The lowest BCUT2D eigenvalue weighted by Gasteiger charge is -2.01. The Morgan fingerprint density at radius 3 is 3.05 bits per heavy atom. The van der Waals surface area contributed by atoms with Crippen LogP contribution in [0, 0.1) is 0 Å². The Balaban J connectivity index is 1.62. The Kier molecular flexibility index (Phi) is 2.86. The molecule has 1 fully saturated rings. The highest BCUT2D eigenvalue weighted by Gasteiger charge is 2.26. The predicted molar refractivity (Wildman–Crippen MR) is 81.4 cm³/mol. The second-order valence-corrected chi connectivity index (χ2v) is 6.57. The first-order valence-corrected chi connectivity index (χ1v) is 8.20. The minimum atomic E-state index is -0.468. The quantitative estimate of drug-likeness (QED) is 0.804. The topological polar surface area (TPSA) is 76.4 Å². The lowest BCUT2D eigenvalue weighted by molar-refractivity contribution is 0.102. The molecule has 1 aliphatic carbocycles. The van der Waals surface area contributed by atoms with Crippen LogP contribution in [0.15, 0.2) is 27.9 Å². The van der Waals surface area contributed by atoms with E-state index in [-0.39, 0.29) is 11.1 Å². The van der Waals surface area contributed by atoms with Gasteiger partial charge >= 0.3 is 0 Å². The second kappa shape index (κ2) is 4.74. The molecule has 0 unspecified atom stereocenters. The largest absolute Gasteiger partial charge is 0.298 e. The molecule has 1 N–H and O–H groups in total. The summed E-state index contributed by atoms with van der Waals surface area (Å²) in [6.07, 6.45) is 5.26. The number of thiazole rings is 2. The van der Waals surface area contributed by atoms with Crippen LogP contribution >= 0.6 is 22.7 Å². The third-order valence-electron chi connectivity index (χ3n) is 3.33. The summed E-state index contributed by atoms with van der Waals surface area (Å²) in [6.45, 7) is 0. The molecular weight excluding hydrogens is 308 g/mol. The molecule has 3 aromatic heterocycles. The normalized spacial score (nSPS) is 14.5. The Labute approximate surface area is 127 Å². The van der Waals surface area contributed by atoms with E-state index in [0.29, 0.717) is 16.0 Å². The molecule has 0 aliphatic heterocycles. The third kappa shape index (κ3) is 2.26. The molecule has 6 nitrogen and oxygen atoms in total. The number of amides is 1. The van der Waals surface area contributed by atoms with Crippen molar-refractivity contribution in [3.8, 4) is 0 Å². The molecule has 106 valence electrons. The molecule has 1 amide bonds. The maximum absolute atomic E-state index is 12.2. The van der Waals surface area contributed by atoms with Crippen molar-refractivity contribution in [3.63, 3.8) is 0 Å². The first-order chi connectivity index (χ1) is 10.2. The van der Waals surface area contributed by atoms with Crippen LogP contribution in [-0.2, 0) is 0 Å². The zero-order valence-electron chi connectivity index (χ0n) is 10.8. The highest BCUT2D eigenvalue weighted by Crippen LogP contribution is 2.40. The molecule has 0 spiro atoms. The first kappa shape index (κ1) is 12.7. The van der Waals surface area contributed by atoms with Crippen molar-refractivity contribution in [2.45, 2.75) is 18.8 Å². The van der Waals surface area contributed by atoms with E-state index in [2.05, 4.69) is 15.3 Å². The van der Waals surface area contributed by atoms with Crippen molar-refractivity contribution >= 4 is 38.7 Å². The van der Waals surface area contributed by atoms with E-state index in [1.54, 1.807) is 11.6 Å².